The highest BCUT2D eigenvalue weighted by Gasteiger charge is 2.11. The summed E-state index contributed by atoms with van der Waals surface area (Å²) < 4.78 is 1.00. The third-order valence-electron chi connectivity index (χ3n) is 2.75. The minimum Gasteiger partial charge on any atom is -0.298 e. The minimum atomic E-state index is -0.125. The molecule has 0 atom stereocenters. The molecule has 2 aromatic rings. The lowest BCUT2D eigenvalue weighted by atomic mass is 10.1. The maximum atomic E-state index is 12.1. The molecule has 0 fully saturated rings. The fourth-order valence-electron chi connectivity index (χ4n) is 1.56. The van der Waals surface area contributed by atoms with Crippen LogP contribution in [0, 0.1) is 6.92 Å². The van der Waals surface area contributed by atoms with Gasteiger partial charge in [-0.1, -0.05) is 29.8 Å². The average molecular weight is 339 g/mol. The molecule has 0 bridgehead atoms. The number of halogens is 1. The highest BCUT2D eigenvalue weighted by Crippen LogP contribution is 2.22. The first-order valence-corrected chi connectivity index (χ1v) is 7.67. The Labute approximate surface area is 125 Å². The Bertz CT molecular complexity index is 607. The summed E-state index contributed by atoms with van der Waals surface area (Å²) in [5, 5.41) is 5.46. The SMILES string of the molecule is Cc1cc(C(=O)Nc2nc(C(C)C)cs2)ccc1Br. The lowest BCUT2D eigenvalue weighted by Crippen LogP contribution is -2.12. The zero-order valence-corrected chi connectivity index (χ0v) is 13.4. The second-order valence-electron chi connectivity index (χ2n) is 4.65. The second-order valence-corrected chi connectivity index (χ2v) is 6.36. The van der Waals surface area contributed by atoms with E-state index in [9.17, 15) is 4.79 Å². The smallest absolute Gasteiger partial charge is 0.257 e. The molecule has 0 saturated heterocycles. The summed E-state index contributed by atoms with van der Waals surface area (Å²) in [5.74, 6) is 0.247. The van der Waals surface area contributed by atoms with Gasteiger partial charge < -0.3 is 0 Å². The van der Waals surface area contributed by atoms with Crippen LogP contribution in [0.15, 0.2) is 28.1 Å². The number of thiazole rings is 1. The van der Waals surface area contributed by atoms with Crippen molar-refractivity contribution in [3.8, 4) is 0 Å². The molecule has 0 spiro atoms. The third-order valence-corrected chi connectivity index (χ3v) is 4.42. The van der Waals surface area contributed by atoms with Gasteiger partial charge in [-0.3, -0.25) is 10.1 Å². The highest BCUT2D eigenvalue weighted by atomic mass is 79.9. The molecule has 5 heteroatoms. The number of nitrogens with one attached hydrogen (secondary N) is 1. The standard InChI is InChI=1S/C14H15BrN2OS/c1-8(2)12-7-19-14(16-12)17-13(18)10-4-5-11(15)9(3)6-10/h4-8H,1-3H3,(H,16,17,18). The molecule has 0 aliphatic heterocycles. The third kappa shape index (κ3) is 3.42. The summed E-state index contributed by atoms with van der Waals surface area (Å²) in [6, 6.07) is 5.53. The van der Waals surface area contributed by atoms with Crippen LogP contribution in [0.1, 0.15) is 41.4 Å². The molecule has 0 radical (unpaired) electrons. The number of benzene rings is 1. The van der Waals surface area contributed by atoms with Crippen LogP contribution < -0.4 is 5.32 Å². The van der Waals surface area contributed by atoms with E-state index in [0.717, 1.165) is 15.7 Å². The summed E-state index contributed by atoms with van der Waals surface area (Å²) in [6.07, 6.45) is 0. The Kier molecular flexibility index (Phi) is 4.37. The number of carbonyl (C=O) groups is 1. The van der Waals surface area contributed by atoms with Crippen molar-refractivity contribution in [3.05, 3.63) is 44.9 Å². The molecule has 2 rings (SSSR count). The second kappa shape index (κ2) is 5.84. The van der Waals surface area contributed by atoms with E-state index in [0.29, 0.717) is 16.6 Å². The lowest BCUT2D eigenvalue weighted by Gasteiger charge is -2.04. The van der Waals surface area contributed by atoms with Crippen molar-refractivity contribution in [1.82, 2.24) is 4.98 Å². The molecule has 0 aliphatic carbocycles. The predicted molar refractivity (Wildman–Crippen MR) is 83.0 cm³/mol. The number of aryl methyl sites for hydroxylation is 1. The number of aromatic nitrogens is 1. The highest BCUT2D eigenvalue weighted by molar-refractivity contribution is 9.10. The Hall–Kier alpha value is -1.20. The fraction of sp³-hybridized carbons (Fsp3) is 0.286. The molecule has 3 nitrogen and oxygen atoms in total. The van der Waals surface area contributed by atoms with Crippen LogP contribution >= 0.6 is 27.3 Å². The molecule has 100 valence electrons. The van der Waals surface area contributed by atoms with Gasteiger partial charge in [0, 0.05) is 15.4 Å². The van der Waals surface area contributed by atoms with Gasteiger partial charge in [-0.2, -0.15) is 0 Å². The van der Waals surface area contributed by atoms with E-state index >= 15 is 0 Å². The van der Waals surface area contributed by atoms with Crippen LogP contribution in [-0.4, -0.2) is 10.9 Å². The van der Waals surface area contributed by atoms with Crippen molar-refractivity contribution in [2.24, 2.45) is 0 Å². The number of carbonyl (C=O) groups excluding carboxylic acids is 1. The van der Waals surface area contributed by atoms with Crippen LogP contribution in [0.3, 0.4) is 0 Å². The van der Waals surface area contributed by atoms with Gasteiger partial charge in [0.1, 0.15) is 0 Å². The first kappa shape index (κ1) is 14.2. The largest absolute Gasteiger partial charge is 0.298 e. The molecule has 0 unspecified atom stereocenters. The van der Waals surface area contributed by atoms with E-state index in [1.54, 1.807) is 6.07 Å². The van der Waals surface area contributed by atoms with Crippen LogP contribution in [-0.2, 0) is 0 Å². The normalized spacial score (nSPS) is 10.8. The predicted octanol–water partition coefficient (Wildman–Crippen LogP) is 4.59. The van der Waals surface area contributed by atoms with Gasteiger partial charge in [0.15, 0.2) is 5.13 Å². The van der Waals surface area contributed by atoms with Crippen LogP contribution in [0.25, 0.3) is 0 Å². The summed E-state index contributed by atoms with van der Waals surface area (Å²) in [4.78, 5) is 16.5. The molecule has 0 saturated carbocycles. The monoisotopic (exact) mass is 338 g/mol. The molecule has 1 aromatic carbocycles. The van der Waals surface area contributed by atoms with Crippen molar-refractivity contribution >= 4 is 38.3 Å². The summed E-state index contributed by atoms with van der Waals surface area (Å²) in [6.45, 7) is 6.12. The van der Waals surface area contributed by atoms with E-state index in [4.69, 9.17) is 0 Å². The van der Waals surface area contributed by atoms with Gasteiger partial charge in [-0.05, 0) is 36.6 Å². The van der Waals surface area contributed by atoms with E-state index in [1.807, 2.05) is 24.4 Å². The van der Waals surface area contributed by atoms with Gasteiger partial charge in [-0.15, -0.1) is 11.3 Å². The first-order chi connectivity index (χ1) is 8.97. The van der Waals surface area contributed by atoms with Crippen molar-refractivity contribution in [1.29, 1.82) is 0 Å². The molecule has 19 heavy (non-hydrogen) atoms. The summed E-state index contributed by atoms with van der Waals surface area (Å²) >= 11 is 4.88. The fourth-order valence-corrected chi connectivity index (χ4v) is 2.68. The quantitative estimate of drug-likeness (QED) is 0.889. The maximum absolute atomic E-state index is 12.1. The number of anilines is 1. The van der Waals surface area contributed by atoms with Gasteiger partial charge in [0.05, 0.1) is 5.69 Å². The van der Waals surface area contributed by atoms with Crippen molar-refractivity contribution in [2.45, 2.75) is 26.7 Å². The van der Waals surface area contributed by atoms with Gasteiger partial charge >= 0.3 is 0 Å². The van der Waals surface area contributed by atoms with Gasteiger partial charge in [0.25, 0.3) is 5.91 Å². The van der Waals surface area contributed by atoms with Gasteiger partial charge in [0.2, 0.25) is 0 Å². The molecule has 1 aromatic heterocycles. The average Bonchev–Trinajstić information content (AvgIpc) is 2.81. The van der Waals surface area contributed by atoms with Crippen LogP contribution in [0.4, 0.5) is 5.13 Å². The molecule has 0 aliphatic rings. The summed E-state index contributed by atoms with van der Waals surface area (Å²) in [5.41, 5.74) is 2.68. The zero-order valence-electron chi connectivity index (χ0n) is 11.0. The van der Waals surface area contributed by atoms with E-state index < -0.39 is 0 Å². The van der Waals surface area contributed by atoms with Crippen molar-refractivity contribution in [3.63, 3.8) is 0 Å². The Morgan fingerprint density at radius 1 is 1.42 bits per heavy atom. The van der Waals surface area contributed by atoms with Crippen molar-refractivity contribution < 1.29 is 4.79 Å². The lowest BCUT2D eigenvalue weighted by molar-refractivity contribution is 0.102. The first-order valence-electron chi connectivity index (χ1n) is 6.00. The van der Waals surface area contributed by atoms with E-state index in [1.165, 1.54) is 11.3 Å². The molecule has 1 amide bonds. The van der Waals surface area contributed by atoms with Crippen LogP contribution in [0.5, 0.6) is 0 Å². The Morgan fingerprint density at radius 2 is 2.16 bits per heavy atom. The number of hydrogen-bond acceptors (Lipinski definition) is 3. The molecular weight excluding hydrogens is 324 g/mol. The Balaban J connectivity index is 2.13. The van der Waals surface area contributed by atoms with Crippen LogP contribution in [0.2, 0.25) is 0 Å². The number of rotatable bonds is 3. The number of hydrogen-bond donors (Lipinski definition) is 1. The molecular formula is C14H15BrN2OS. The Morgan fingerprint density at radius 3 is 2.74 bits per heavy atom. The van der Waals surface area contributed by atoms with E-state index in [2.05, 4.69) is 40.1 Å². The van der Waals surface area contributed by atoms with E-state index in [-0.39, 0.29) is 5.91 Å². The number of amides is 1. The van der Waals surface area contributed by atoms with Gasteiger partial charge in [-0.25, -0.2) is 4.98 Å². The van der Waals surface area contributed by atoms with Crippen molar-refractivity contribution in [2.75, 3.05) is 5.32 Å². The summed E-state index contributed by atoms with van der Waals surface area (Å²) in [7, 11) is 0. The maximum Gasteiger partial charge on any atom is 0.257 e. The topological polar surface area (TPSA) is 42.0 Å². The number of nitrogens with zero attached hydrogens (tertiary/aromatic N) is 1. The zero-order chi connectivity index (χ0) is 14.0. The molecule has 1 N–H and O–H groups in total. The minimum absolute atomic E-state index is 0.125. The molecule has 1 heterocycles.